The van der Waals surface area contributed by atoms with Gasteiger partial charge in [0.25, 0.3) is 11.4 Å². The normalized spacial score (nSPS) is 15.8. The zero-order chi connectivity index (χ0) is 33.4. The van der Waals surface area contributed by atoms with Gasteiger partial charge in [-0.05, 0) is 58.6 Å². The molecule has 14 heteroatoms. The molecule has 0 amide bonds. The quantitative estimate of drug-likeness (QED) is 0.140. The average molecular weight is 633 g/mol. The highest BCUT2D eigenvalue weighted by Crippen LogP contribution is 2.33. The van der Waals surface area contributed by atoms with E-state index in [1.54, 1.807) is 39.8 Å². The highest BCUT2D eigenvalue weighted by atomic mass is 16.6. The van der Waals surface area contributed by atoms with E-state index in [1.165, 1.54) is 24.3 Å². The van der Waals surface area contributed by atoms with Crippen LogP contribution in [0.4, 0.5) is 11.4 Å². The molecule has 2 aromatic rings. The molecule has 0 spiro atoms. The standard InChI is InChI=1S/2C13H15NO5.C5H10O2/c2*1-2-18-13(15)8-11-5-3-9-7-10(14(16)17)4-6-12(9)19-11;1-3-5(6)7-4-2/h2*4,6-7,11H,2-3,5,8H2,1H3;3-4H2,1-2H3/t11-;;/m0../s1. The second-order valence-electron chi connectivity index (χ2n) is 9.83. The van der Waals surface area contributed by atoms with Crippen LogP contribution in [0, 0.1) is 20.2 Å². The topological polar surface area (TPSA) is 184 Å². The third-order valence-corrected chi connectivity index (χ3v) is 6.56. The van der Waals surface area contributed by atoms with E-state index in [2.05, 4.69) is 4.74 Å². The number of non-ortho nitro benzene ring substituents is 2. The molecule has 0 radical (unpaired) electrons. The Kier molecular flexibility index (Phi) is 15.2. The molecule has 14 nitrogen and oxygen atoms in total. The van der Waals surface area contributed by atoms with Crippen molar-refractivity contribution in [2.24, 2.45) is 0 Å². The number of aryl methyl sites for hydroxylation is 2. The largest absolute Gasteiger partial charge is 0.490 e. The smallest absolute Gasteiger partial charge is 0.309 e. The van der Waals surface area contributed by atoms with Gasteiger partial charge in [-0.1, -0.05) is 6.92 Å². The van der Waals surface area contributed by atoms with E-state index in [0.717, 1.165) is 11.1 Å². The fraction of sp³-hybridized carbons (Fsp3) is 0.516. The number of esters is 3. The van der Waals surface area contributed by atoms with Gasteiger partial charge in [0.05, 0.1) is 42.5 Å². The molecule has 0 fully saturated rings. The van der Waals surface area contributed by atoms with Crippen molar-refractivity contribution in [2.75, 3.05) is 19.8 Å². The van der Waals surface area contributed by atoms with Crippen molar-refractivity contribution in [2.45, 2.75) is 84.8 Å². The Morgan fingerprint density at radius 1 is 0.689 bits per heavy atom. The lowest BCUT2D eigenvalue weighted by molar-refractivity contribution is -0.385. The number of hydrogen-bond donors (Lipinski definition) is 0. The van der Waals surface area contributed by atoms with Crippen molar-refractivity contribution in [1.82, 2.24) is 0 Å². The van der Waals surface area contributed by atoms with Crippen LogP contribution in [0.15, 0.2) is 36.4 Å². The lowest BCUT2D eigenvalue weighted by Crippen LogP contribution is -2.26. The average Bonchev–Trinajstić information content (AvgIpc) is 3.01. The number of ether oxygens (including phenoxy) is 5. The number of fused-ring (bicyclic) bond motifs is 2. The minimum absolute atomic E-state index is 0.0613. The summed E-state index contributed by atoms with van der Waals surface area (Å²) in [7, 11) is 0. The third-order valence-electron chi connectivity index (χ3n) is 6.56. The molecule has 0 bridgehead atoms. The van der Waals surface area contributed by atoms with E-state index >= 15 is 0 Å². The van der Waals surface area contributed by atoms with Gasteiger partial charge in [0.1, 0.15) is 23.7 Å². The van der Waals surface area contributed by atoms with Crippen LogP contribution in [0.3, 0.4) is 0 Å². The first kappa shape index (κ1) is 36.4. The summed E-state index contributed by atoms with van der Waals surface area (Å²) in [6.45, 7) is 8.29. The number of benzene rings is 2. The third kappa shape index (κ3) is 12.4. The molecule has 0 aromatic heterocycles. The molecule has 2 aromatic carbocycles. The number of rotatable bonds is 10. The lowest BCUT2D eigenvalue weighted by atomic mass is 10.00. The van der Waals surface area contributed by atoms with E-state index in [0.29, 0.717) is 63.4 Å². The van der Waals surface area contributed by atoms with Gasteiger partial charge >= 0.3 is 17.9 Å². The van der Waals surface area contributed by atoms with Gasteiger partial charge in [-0.15, -0.1) is 0 Å². The summed E-state index contributed by atoms with van der Waals surface area (Å²) in [6.07, 6.45) is 3.13. The summed E-state index contributed by atoms with van der Waals surface area (Å²) in [5.74, 6) is 0.551. The maximum absolute atomic E-state index is 11.4. The first-order chi connectivity index (χ1) is 21.5. The molecule has 1 unspecified atom stereocenters. The van der Waals surface area contributed by atoms with Crippen molar-refractivity contribution in [3.05, 3.63) is 67.8 Å². The van der Waals surface area contributed by atoms with Gasteiger partial charge in [-0.2, -0.15) is 0 Å². The monoisotopic (exact) mass is 632 g/mol. The summed E-state index contributed by atoms with van der Waals surface area (Å²) in [6, 6.07) is 9.04. The van der Waals surface area contributed by atoms with Crippen molar-refractivity contribution in [1.29, 1.82) is 0 Å². The van der Waals surface area contributed by atoms with Crippen molar-refractivity contribution >= 4 is 29.3 Å². The maximum atomic E-state index is 11.4. The van der Waals surface area contributed by atoms with Gasteiger partial charge in [0.2, 0.25) is 0 Å². The van der Waals surface area contributed by atoms with Crippen LogP contribution < -0.4 is 9.47 Å². The van der Waals surface area contributed by atoms with Crippen molar-refractivity contribution < 1.29 is 47.9 Å². The molecule has 4 rings (SSSR count). The SMILES string of the molecule is CCOC(=O)CC.CCOC(=O)CC1CCc2cc([N+](=O)[O-])ccc2O1.CCOC(=O)C[C@@H]1CCc2cc([N+](=O)[O-])ccc2O1. The van der Waals surface area contributed by atoms with Crippen LogP contribution in [-0.2, 0) is 41.4 Å². The maximum Gasteiger partial charge on any atom is 0.309 e. The predicted molar refractivity (Wildman–Crippen MR) is 161 cm³/mol. The van der Waals surface area contributed by atoms with E-state index in [4.69, 9.17) is 18.9 Å². The Balaban J connectivity index is 0.000000260. The molecule has 45 heavy (non-hydrogen) atoms. The van der Waals surface area contributed by atoms with Crippen molar-refractivity contribution in [3.63, 3.8) is 0 Å². The number of hydrogen-bond acceptors (Lipinski definition) is 12. The number of nitro benzene ring substituents is 2. The second-order valence-corrected chi connectivity index (χ2v) is 9.83. The molecule has 2 heterocycles. The number of carbonyl (C=O) groups is 3. The van der Waals surface area contributed by atoms with Crippen LogP contribution in [0.25, 0.3) is 0 Å². The highest BCUT2D eigenvalue weighted by molar-refractivity contribution is 5.70. The summed E-state index contributed by atoms with van der Waals surface area (Å²) in [5, 5.41) is 21.3. The van der Waals surface area contributed by atoms with E-state index in [-0.39, 0.29) is 54.3 Å². The predicted octanol–water partition coefficient (Wildman–Crippen LogP) is 5.44. The fourth-order valence-electron chi connectivity index (χ4n) is 4.45. The van der Waals surface area contributed by atoms with Crippen LogP contribution in [0.2, 0.25) is 0 Å². The number of nitro groups is 2. The molecular weight excluding hydrogens is 592 g/mol. The summed E-state index contributed by atoms with van der Waals surface area (Å²) in [4.78, 5) is 53.4. The molecule has 2 atom stereocenters. The lowest BCUT2D eigenvalue weighted by Gasteiger charge is -2.25. The second kappa shape index (κ2) is 18.8. The minimum Gasteiger partial charge on any atom is -0.490 e. The molecule has 0 aliphatic carbocycles. The first-order valence-electron chi connectivity index (χ1n) is 14.9. The Hall–Kier alpha value is -4.75. The number of carbonyl (C=O) groups excluding carboxylic acids is 3. The Morgan fingerprint density at radius 3 is 1.38 bits per heavy atom. The summed E-state index contributed by atoms with van der Waals surface area (Å²) >= 11 is 0. The summed E-state index contributed by atoms with van der Waals surface area (Å²) < 4.78 is 25.6. The highest BCUT2D eigenvalue weighted by Gasteiger charge is 2.25. The molecule has 0 saturated carbocycles. The Morgan fingerprint density at radius 2 is 1.07 bits per heavy atom. The van der Waals surface area contributed by atoms with Gasteiger partial charge in [-0.25, -0.2) is 0 Å². The van der Waals surface area contributed by atoms with Crippen LogP contribution in [0.1, 0.15) is 70.9 Å². The first-order valence-corrected chi connectivity index (χ1v) is 14.9. The minimum atomic E-state index is -0.426. The number of nitrogens with zero attached hydrogens (tertiary/aromatic N) is 2. The molecule has 0 N–H and O–H groups in total. The van der Waals surface area contributed by atoms with Crippen molar-refractivity contribution in [3.8, 4) is 11.5 Å². The van der Waals surface area contributed by atoms with Crippen LogP contribution in [0.5, 0.6) is 11.5 Å². The van der Waals surface area contributed by atoms with Gasteiger partial charge in [-0.3, -0.25) is 34.6 Å². The van der Waals surface area contributed by atoms with Crippen LogP contribution >= 0.6 is 0 Å². The molecule has 2 aliphatic rings. The van der Waals surface area contributed by atoms with Gasteiger partial charge in [0.15, 0.2) is 0 Å². The van der Waals surface area contributed by atoms with Crippen LogP contribution in [-0.4, -0.2) is 59.8 Å². The zero-order valence-electron chi connectivity index (χ0n) is 26.0. The molecular formula is C31H40N2O12. The van der Waals surface area contributed by atoms with Gasteiger partial charge < -0.3 is 23.7 Å². The Labute approximate surface area is 261 Å². The van der Waals surface area contributed by atoms with E-state index in [1.807, 2.05) is 0 Å². The zero-order valence-corrected chi connectivity index (χ0v) is 26.0. The summed E-state index contributed by atoms with van der Waals surface area (Å²) in [5.41, 5.74) is 1.75. The molecule has 246 valence electrons. The van der Waals surface area contributed by atoms with E-state index < -0.39 is 9.85 Å². The van der Waals surface area contributed by atoms with E-state index in [9.17, 15) is 34.6 Å². The fourth-order valence-corrected chi connectivity index (χ4v) is 4.45. The Bertz CT molecular complexity index is 1240. The van der Waals surface area contributed by atoms with Gasteiger partial charge in [0, 0.05) is 41.8 Å². The molecule has 2 aliphatic heterocycles. The molecule has 0 saturated heterocycles.